The van der Waals surface area contributed by atoms with Crippen molar-refractivity contribution in [3.63, 3.8) is 0 Å². The van der Waals surface area contributed by atoms with Crippen LogP contribution in [-0.4, -0.2) is 37.2 Å². The minimum Gasteiger partial charge on any atom is -0.339 e. The van der Waals surface area contributed by atoms with Crippen LogP contribution < -0.4 is 0 Å². The van der Waals surface area contributed by atoms with Crippen LogP contribution >= 0.6 is 0 Å². The first kappa shape index (κ1) is 20.8. The zero-order valence-corrected chi connectivity index (χ0v) is 9.82. The van der Waals surface area contributed by atoms with Crippen molar-refractivity contribution in [3.05, 3.63) is 11.7 Å². The second-order valence-corrected chi connectivity index (χ2v) is 3.57. The van der Waals surface area contributed by atoms with Gasteiger partial charge in [-0.3, -0.25) is 0 Å². The molecule has 0 N–H and O–H groups in total. The molecule has 1 nitrogen and oxygen atoms in total. The predicted molar refractivity (Wildman–Crippen MR) is 42.1 cm³/mol. The molecule has 0 unspecified atom stereocenters. The maximum atomic E-state index is 13.3. The van der Waals surface area contributed by atoms with Crippen molar-refractivity contribution >= 4 is 0 Å². The van der Waals surface area contributed by atoms with Gasteiger partial charge < -0.3 is 4.74 Å². The number of methoxy groups -OCH3 is 1. The summed E-state index contributed by atoms with van der Waals surface area (Å²) in [5.74, 6) is -29.1. The maximum Gasteiger partial charge on any atom is 0.460 e. The third kappa shape index (κ3) is 2.96. The molecule has 0 aliphatic rings. The van der Waals surface area contributed by atoms with Crippen molar-refractivity contribution in [2.45, 2.75) is 30.1 Å². The molecule has 0 rings (SSSR count). The Morgan fingerprint density at radius 1 is 0.636 bits per heavy atom. The Hall–Kier alpha value is -1.21. The van der Waals surface area contributed by atoms with Crippen LogP contribution in [0.2, 0.25) is 0 Å². The lowest BCUT2D eigenvalue weighted by Crippen LogP contribution is -2.56. The van der Waals surface area contributed by atoms with Gasteiger partial charge in [0.15, 0.2) is 0 Å². The predicted octanol–water partition coefficient (Wildman–Crippen LogP) is 4.84. The molecular formula is C8H3F13O. The van der Waals surface area contributed by atoms with E-state index in [0.29, 0.717) is 0 Å². The van der Waals surface area contributed by atoms with E-state index in [1.165, 1.54) is 0 Å². The average molecular weight is 362 g/mol. The molecule has 0 bridgehead atoms. The zero-order chi connectivity index (χ0) is 18.4. The van der Waals surface area contributed by atoms with Gasteiger partial charge >= 0.3 is 30.1 Å². The molecule has 0 aromatic heterocycles. The van der Waals surface area contributed by atoms with Crippen molar-refractivity contribution < 1.29 is 61.8 Å². The number of halogens is 13. The first-order valence-corrected chi connectivity index (χ1v) is 4.57. The number of hydrogen-bond donors (Lipinski definition) is 0. The third-order valence-corrected chi connectivity index (χ3v) is 2.15. The summed E-state index contributed by atoms with van der Waals surface area (Å²) in [6, 6.07) is 0. The largest absolute Gasteiger partial charge is 0.460 e. The summed E-state index contributed by atoms with van der Waals surface area (Å²) in [4.78, 5) is 0. The van der Waals surface area contributed by atoms with E-state index < -0.39 is 48.8 Å². The summed E-state index contributed by atoms with van der Waals surface area (Å²) in [6.07, 6.45) is -13.9. The highest BCUT2D eigenvalue weighted by molar-refractivity contribution is 5.22. The molecule has 14 heteroatoms. The van der Waals surface area contributed by atoms with Crippen LogP contribution in [-0.2, 0) is 4.74 Å². The van der Waals surface area contributed by atoms with Crippen molar-refractivity contribution in [1.29, 1.82) is 0 Å². The molecule has 0 fully saturated rings. The van der Waals surface area contributed by atoms with Gasteiger partial charge in [0.25, 0.3) is 0 Å². The molecule has 0 saturated heterocycles. The Bertz CT molecular complexity index is 444. The van der Waals surface area contributed by atoms with E-state index in [2.05, 4.69) is 4.74 Å². The summed E-state index contributed by atoms with van der Waals surface area (Å²) in [5, 5.41) is 0. The first-order valence-electron chi connectivity index (χ1n) is 4.57. The molecule has 22 heavy (non-hydrogen) atoms. The van der Waals surface area contributed by atoms with E-state index in [9.17, 15) is 57.1 Å². The molecule has 0 spiro atoms. The highest BCUT2D eigenvalue weighted by atomic mass is 19.4. The van der Waals surface area contributed by atoms with Crippen molar-refractivity contribution in [2.24, 2.45) is 0 Å². The number of allylic oxidation sites excluding steroid dienone is 1. The van der Waals surface area contributed by atoms with Gasteiger partial charge in [-0.15, -0.1) is 0 Å². The van der Waals surface area contributed by atoms with E-state index in [1.54, 1.807) is 0 Å². The van der Waals surface area contributed by atoms with Gasteiger partial charge in [0.2, 0.25) is 11.7 Å². The van der Waals surface area contributed by atoms with E-state index >= 15 is 0 Å². The highest BCUT2D eigenvalue weighted by Crippen LogP contribution is 2.53. The molecule has 0 aromatic rings. The van der Waals surface area contributed by atoms with Crippen LogP contribution in [0.5, 0.6) is 0 Å². The van der Waals surface area contributed by atoms with Crippen LogP contribution in [0.25, 0.3) is 0 Å². The molecule has 0 saturated carbocycles. The van der Waals surface area contributed by atoms with Crippen molar-refractivity contribution in [1.82, 2.24) is 0 Å². The fraction of sp³-hybridized carbons (Fsp3) is 0.750. The van der Waals surface area contributed by atoms with Crippen LogP contribution in [0.4, 0.5) is 57.1 Å². The van der Waals surface area contributed by atoms with E-state index in [4.69, 9.17) is 0 Å². The molecule has 0 heterocycles. The number of rotatable bonds is 4. The van der Waals surface area contributed by atoms with Crippen LogP contribution in [0.15, 0.2) is 11.7 Å². The van der Waals surface area contributed by atoms with E-state index in [1.807, 2.05) is 0 Å². The van der Waals surface area contributed by atoms with Gasteiger partial charge in [-0.05, 0) is 0 Å². The Kier molecular flexibility index (Phi) is 5.15. The smallest absolute Gasteiger partial charge is 0.339 e. The second-order valence-electron chi connectivity index (χ2n) is 3.57. The highest BCUT2D eigenvalue weighted by Gasteiger charge is 2.76. The molecule has 0 aliphatic carbocycles. The van der Waals surface area contributed by atoms with Gasteiger partial charge in [-0.1, -0.05) is 0 Å². The van der Waals surface area contributed by atoms with Gasteiger partial charge in [0.1, 0.15) is 0 Å². The minimum atomic E-state index is -7.00. The van der Waals surface area contributed by atoms with Crippen LogP contribution in [0, 0.1) is 0 Å². The molecule has 0 amide bonds. The SMILES string of the molecule is CO[C@@](F)(/C(F)=C(\F)C(F)(F)C(F)(F)F)C(F)(F)C(F)(F)F. The normalized spacial score (nSPS) is 18.8. The maximum absolute atomic E-state index is 13.3. The van der Waals surface area contributed by atoms with Crippen molar-refractivity contribution in [2.75, 3.05) is 7.11 Å². The standard InChI is InChI=1S/C8H3F13O/c1-22-5(13,6(14,15)8(19,20)21)3(10)2(9)4(11,12)7(16,17)18/h1H3/b3-2+/t5-/m0/s1. The molecule has 0 radical (unpaired) electrons. The van der Waals surface area contributed by atoms with Crippen LogP contribution in [0.3, 0.4) is 0 Å². The molecule has 0 aromatic carbocycles. The molecule has 1 atom stereocenters. The van der Waals surface area contributed by atoms with Gasteiger partial charge in [0.05, 0.1) is 0 Å². The van der Waals surface area contributed by atoms with Crippen molar-refractivity contribution in [3.8, 4) is 0 Å². The lowest BCUT2D eigenvalue weighted by molar-refractivity contribution is -0.371. The number of alkyl halides is 11. The second kappa shape index (κ2) is 5.45. The lowest BCUT2D eigenvalue weighted by atomic mass is 10.1. The van der Waals surface area contributed by atoms with Gasteiger partial charge in [0, 0.05) is 7.11 Å². The lowest BCUT2D eigenvalue weighted by Gasteiger charge is -2.32. The monoisotopic (exact) mass is 362 g/mol. The third-order valence-electron chi connectivity index (χ3n) is 2.15. The Balaban J connectivity index is 6.34. The zero-order valence-electron chi connectivity index (χ0n) is 9.82. The van der Waals surface area contributed by atoms with Gasteiger partial charge in [-0.25, -0.2) is 8.78 Å². The summed E-state index contributed by atoms with van der Waals surface area (Å²) in [5.41, 5.74) is 0. The van der Waals surface area contributed by atoms with E-state index in [-0.39, 0.29) is 0 Å². The topological polar surface area (TPSA) is 9.23 Å². The molecule has 0 aliphatic heterocycles. The Morgan fingerprint density at radius 3 is 1.23 bits per heavy atom. The summed E-state index contributed by atoms with van der Waals surface area (Å²) >= 11 is 0. The summed E-state index contributed by atoms with van der Waals surface area (Å²) in [7, 11) is -0.432. The number of ether oxygens (including phenoxy) is 1. The molecule has 132 valence electrons. The fourth-order valence-corrected chi connectivity index (χ4v) is 0.941. The summed E-state index contributed by atoms with van der Waals surface area (Å²) in [6.45, 7) is 0. The Morgan fingerprint density at radius 2 is 1.00 bits per heavy atom. The van der Waals surface area contributed by atoms with Crippen LogP contribution in [0.1, 0.15) is 0 Å². The molecular weight excluding hydrogens is 359 g/mol. The quantitative estimate of drug-likeness (QED) is 0.650. The van der Waals surface area contributed by atoms with Gasteiger partial charge in [-0.2, -0.15) is 48.3 Å². The fourth-order valence-electron chi connectivity index (χ4n) is 0.941. The van der Waals surface area contributed by atoms with E-state index in [0.717, 1.165) is 0 Å². The average Bonchev–Trinajstić information content (AvgIpc) is 2.32. The number of hydrogen-bond acceptors (Lipinski definition) is 1. The first-order chi connectivity index (χ1) is 9.38. The Labute approximate surface area is 112 Å². The minimum absolute atomic E-state index is 0.432. The summed E-state index contributed by atoms with van der Waals surface area (Å²) < 4.78 is 162.